The summed E-state index contributed by atoms with van der Waals surface area (Å²) in [5, 5.41) is 2.91. The molecular formula is C44H56N3Na3O15S4. The van der Waals surface area contributed by atoms with E-state index in [0.29, 0.717) is 53.3 Å². The quantitative estimate of drug-likeness (QED) is 0.0197. The average molecular weight is 1060 g/mol. The summed E-state index contributed by atoms with van der Waals surface area (Å²) in [4.78, 5) is 26.3. The van der Waals surface area contributed by atoms with Crippen LogP contribution in [0.15, 0.2) is 93.9 Å². The maximum absolute atomic E-state index is 13.8. The molecule has 0 bridgehead atoms. The molecule has 0 spiro atoms. The molecule has 0 aliphatic carbocycles. The summed E-state index contributed by atoms with van der Waals surface area (Å²) in [6.45, 7) is 7.99. The van der Waals surface area contributed by atoms with Crippen LogP contribution in [0.1, 0.15) is 96.6 Å². The van der Waals surface area contributed by atoms with Crippen LogP contribution in [-0.4, -0.2) is 112 Å². The first kappa shape index (κ1) is 65.5. The van der Waals surface area contributed by atoms with Crippen LogP contribution in [0.2, 0.25) is 0 Å². The Kier molecular flexibility index (Phi) is 26.2. The minimum atomic E-state index is -4.82. The molecule has 0 saturated heterocycles. The number of nitrogens with one attached hydrogen (secondary N) is 1. The van der Waals surface area contributed by atoms with Crippen molar-refractivity contribution in [3.8, 4) is 0 Å². The number of hydrogen-bond donors (Lipinski definition) is 1. The Morgan fingerprint density at radius 2 is 1.28 bits per heavy atom. The van der Waals surface area contributed by atoms with Gasteiger partial charge in [0.1, 0.15) is 26.8 Å². The van der Waals surface area contributed by atoms with Crippen molar-refractivity contribution in [3.63, 3.8) is 0 Å². The van der Waals surface area contributed by atoms with E-state index in [2.05, 4.69) is 10.1 Å². The van der Waals surface area contributed by atoms with E-state index in [1.165, 1.54) is 43.5 Å². The molecule has 0 aromatic heterocycles. The van der Waals surface area contributed by atoms with Gasteiger partial charge in [0.15, 0.2) is 5.71 Å². The van der Waals surface area contributed by atoms with Crippen LogP contribution >= 0.6 is 0 Å². The summed E-state index contributed by atoms with van der Waals surface area (Å²) in [5.74, 6) is -1.93. The van der Waals surface area contributed by atoms with Crippen LogP contribution in [0.4, 0.5) is 11.4 Å². The van der Waals surface area contributed by atoms with E-state index in [9.17, 15) is 61.5 Å². The number of amides is 1. The number of ether oxygens (including phenoxy) is 1. The zero-order chi connectivity index (χ0) is 49.3. The Morgan fingerprint density at radius 3 is 1.86 bits per heavy atom. The molecule has 1 N–H and O–H groups in total. The normalized spacial score (nSPS) is 16.2. The zero-order valence-corrected chi connectivity index (χ0v) is 49.7. The van der Waals surface area contributed by atoms with Crippen molar-refractivity contribution in [3.05, 3.63) is 95.3 Å². The Hall–Kier alpha value is -1.55. The second-order valence-electron chi connectivity index (χ2n) is 17.0. The zero-order valence-electron chi connectivity index (χ0n) is 40.5. The number of nitrogens with zero attached hydrogens (tertiary/aromatic N) is 2. The van der Waals surface area contributed by atoms with E-state index in [0.717, 1.165) is 12.8 Å². The van der Waals surface area contributed by atoms with Crippen molar-refractivity contribution < 1.29 is 159 Å². The third-order valence-electron chi connectivity index (χ3n) is 11.5. The number of benzene rings is 2. The van der Waals surface area contributed by atoms with E-state index < -0.39 is 78.5 Å². The Balaban J connectivity index is 0.00000793. The van der Waals surface area contributed by atoms with Crippen molar-refractivity contribution in [1.29, 1.82) is 0 Å². The number of anilines is 1. The molecule has 0 saturated carbocycles. The van der Waals surface area contributed by atoms with Crippen LogP contribution in [0.5, 0.6) is 0 Å². The number of unbranched alkanes of at least 4 members (excludes halogenated alkanes) is 5. The number of methoxy groups -OCH3 is 1. The van der Waals surface area contributed by atoms with Gasteiger partial charge in [0.05, 0.1) is 42.6 Å². The van der Waals surface area contributed by atoms with Crippen LogP contribution in [0.3, 0.4) is 0 Å². The first-order valence-electron chi connectivity index (χ1n) is 21.2. The maximum atomic E-state index is 13.8. The fraction of sp³-hybridized carbons (Fsp3) is 0.477. The number of carbonyl (C=O) groups excluding carboxylic acids is 2. The molecular weight excluding hydrogens is 1010 g/mol. The van der Waals surface area contributed by atoms with Crippen molar-refractivity contribution in [2.45, 2.75) is 106 Å². The maximum Gasteiger partial charge on any atom is 1.00 e. The summed E-state index contributed by atoms with van der Waals surface area (Å²) in [6.07, 6.45) is 13.3. The standard InChI is InChI=1S/C44H59N3O15S4.3Na/c1-43(2)35-30-33(65(56,57)58)21-23-37(35)46(26-10-12-28-63(50,51)52)39(43)18-14-16-32(42(49)45-25-9-7-6-8-20-41(48)62-5)17-15-19-40-44(3,4)36-31-34(66(59,60)61)22-24-38(36)47(40)27-11-13-29-64(53,54)55;;;/h14-19,21-24,30-31H,6-13,20,25-29H2,1-5H3,(H4-,45,49,50,51,52,53,54,55,56,57,58,59,60,61);;;/q;3*+1/p-3. The van der Waals surface area contributed by atoms with Crippen LogP contribution in [0.25, 0.3) is 0 Å². The average Bonchev–Trinajstić information content (AvgIpc) is 3.55. The van der Waals surface area contributed by atoms with Gasteiger partial charge in [-0.1, -0.05) is 38.8 Å². The first-order valence-corrected chi connectivity index (χ1v) is 27.2. The smallest absolute Gasteiger partial charge is 0.748 e. The van der Waals surface area contributed by atoms with Gasteiger partial charge in [0, 0.05) is 77.5 Å². The molecule has 18 nitrogen and oxygen atoms in total. The molecule has 2 aliphatic heterocycles. The fourth-order valence-electron chi connectivity index (χ4n) is 8.05. The van der Waals surface area contributed by atoms with Gasteiger partial charge in [0.2, 0.25) is 5.69 Å². The molecule has 2 heterocycles. The molecule has 0 atom stereocenters. The molecule has 364 valence electrons. The molecule has 2 aromatic carbocycles. The molecule has 0 radical (unpaired) electrons. The molecule has 25 heteroatoms. The van der Waals surface area contributed by atoms with Gasteiger partial charge in [-0.3, -0.25) is 9.59 Å². The Labute approximate surface area is 473 Å². The van der Waals surface area contributed by atoms with Gasteiger partial charge >= 0.3 is 94.6 Å². The van der Waals surface area contributed by atoms with E-state index in [1.807, 2.05) is 37.2 Å². The molecule has 1 amide bonds. The van der Waals surface area contributed by atoms with Crippen LogP contribution in [0, 0.1) is 0 Å². The van der Waals surface area contributed by atoms with E-state index >= 15 is 0 Å². The SMILES string of the molecule is COC(=O)CCCCCCNC(=O)C(=C\C=C\C1=[N+](CCCCS(=O)(=O)[O-])c2ccc(S(=O)(=O)[O-])cc2C1(C)C)/C=C/C=C1/N(CCCCS(=O)(=O)[O-])c2ccc(S(=O)(=O)[O-])cc2C1(C)C.[Na+].[Na+].[Na+]. The van der Waals surface area contributed by atoms with Crippen LogP contribution < -0.4 is 98.9 Å². The Bertz CT molecular complexity index is 2790. The van der Waals surface area contributed by atoms with E-state index in [4.69, 9.17) is 0 Å². The number of fused-ring (bicyclic) bond motifs is 2. The van der Waals surface area contributed by atoms with Crippen molar-refractivity contribution in [1.82, 2.24) is 5.32 Å². The minimum Gasteiger partial charge on any atom is -0.748 e. The van der Waals surface area contributed by atoms with Gasteiger partial charge in [-0.05, 0) is 100 Å². The largest absolute Gasteiger partial charge is 1.00 e. The second kappa shape index (κ2) is 27.7. The van der Waals surface area contributed by atoms with Crippen molar-refractivity contribution in [2.75, 3.05) is 43.1 Å². The minimum absolute atomic E-state index is 0. The topological polar surface area (TPSA) is 290 Å². The molecule has 2 aromatic rings. The Morgan fingerprint density at radius 1 is 0.710 bits per heavy atom. The summed E-state index contributed by atoms with van der Waals surface area (Å²) in [6, 6.07) is 7.95. The summed E-state index contributed by atoms with van der Waals surface area (Å²) >= 11 is 0. The molecule has 0 unspecified atom stereocenters. The van der Waals surface area contributed by atoms with E-state index in [-0.39, 0.29) is 145 Å². The predicted octanol–water partition coefficient (Wildman–Crippen LogP) is -4.51. The van der Waals surface area contributed by atoms with Gasteiger partial charge in [0.25, 0.3) is 5.91 Å². The van der Waals surface area contributed by atoms with Gasteiger partial charge in [-0.15, -0.1) is 0 Å². The summed E-state index contributed by atoms with van der Waals surface area (Å²) < 4.78 is 146. The fourth-order valence-corrected chi connectivity index (χ4v) is 10.2. The number of esters is 1. The van der Waals surface area contributed by atoms with Crippen LogP contribution in [-0.2, 0) is 65.6 Å². The number of hydrogen-bond acceptors (Lipinski definition) is 16. The van der Waals surface area contributed by atoms with E-state index in [1.54, 1.807) is 36.5 Å². The predicted molar refractivity (Wildman–Crippen MR) is 242 cm³/mol. The second-order valence-corrected chi connectivity index (χ2v) is 22.8. The molecule has 0 fully saturated rings. The van der Waals surface area contributed by atoms with Gasteiger partial charge in [-0.2, -0.15) is 4.58 Å². The third-order valence-corrected chi connectivity index (χ3v) is 14.7. The summed E-state index contributed by atoms with van der Waals surface area (Å²) in [5.41, 5.74) is 1.74. The number of allylic oxidation sites excluding steroid dienone is 6. The third kappa shape index (κ3) is 19.0. The number of rotatable bonds is 24. The van der Waals surface area contributed by atoms with Gasteiger partial charge in [-0.25, -0.2) is 33.7 Å². The molecule has 2 aliphatic rings. The van der Waals surface area contributed by atoms with Crippen molar-refractivity contribution in [2.24, 2.45) is 0 Å². The summed E-state index contributed by atoms with van der Waals surface area (Å²) in [7, 11) is -17.3. The van der Waals surface area contributed by atoms with Gasteiger partial charge < -0.3 is 33.2 Å². The number of carbonyl (C=O) groups is 2. The monoisotopic (exact) mass is 1060 g/mol. The molecule has 69 heavy (non-hydrogen) atoms. The first-order chi connectivity index (χ1) is 30.6. The van der Waals surface area contributed by atoms with Crippen molar-refractivity contribution >= 4 is 69.4 Å². The molecule has 4 rings (SSSR count).